The van der Waals surface area contributed by atoms with Crippen molar-refractivity contribution in [2.24, 2.45) is 0 Å². The van der Waals surface area contributed by atoms with Crippen molar-refractivity contribution in [2.75, 3.05) is 0 Å². The van der Waals surface area contributed by atoms with Crippen molar-refractivity contribution in [3.63, 3.8) is 0 Å². The molecule has 0 bridgehead atoms. The van der Waals surface area contributed by atoms with Crippen LogP contribution >= 0.6 is 11.8 Å². The molecule has 12 nitrogen and oxygen atoms in total. The van der Waals surface area contributed by atoms with E-state index in [2.05, 4.69) is 41.5 Å². The van der Waals surface area contributed by atoms with Crippen molar-refractivity contribution in [1.82, 2.24) is 51.0 Å². The highest BCUT2D eigenvalue weighted by atomic mass is 32.2. The van der Waals surface area contributed by atoms with E-state index < -0.39 is 6.04 Å². The predicted molar refractivity (Wildman–Crippen MR) is 79.0 cm³/mol. The highest BCUT2D eigenvalue weighted by Crippen LogP contribution is 2.56. The quantitative estimate of drug-likeness (QED) is 0.603. The summed E-state index contributed by atoms with van der Waals surface area (Å²) in [4.78, 5) is 26.3. The number of hydrogen-bond donors (Lipinski definition) is 2. The summed E-state index contributed by atoms with van der Waals surface area (Å²) in [6, 6.07) is -0.860. The first kappa shape index (κ1) is 15.0. The number of thioether (sulfide) groups is 1. The molecule has 0 spiro atoms. The van der Waals surface area contributed by atoms with Crippen LogP contribution in [0.15, 0.2) is 6.33 Å². The second kappa shape index (κ2) is 5.22. The summed E-state index contributed by atoms with van der Waals surface area (Å²) >= 11 is 1.61. The summed E-state index contributed by atoms with van der Waals surface area (Å²) in [6.07, 6.45) is 1.34. The van der Waals surface area contributed by atoms with Crippen LogP contribution in [0.25, 0.3) is 0 Å². The van der Waals surface area contributed by atoms with Gasteiger partial charge in [0.25, 0.3) is 0 Å². The van der Waals surface area contributed by atoms with Crippen LogP contribution in [-0.4, -0.2) is 73.7 Å². The molecule has 0 aromatic carbocycles. The van der Waals surface area contributed by atoms with Gasteiger partial charge in [0, 0.05) is 4.75 Å². The van der Waals surface area contributed by atoms with Crippen LogP contribution in [-0.2, 0) is 16.1 Å². The number of aromatic nitrogens is 8. The van der Waals surface area contributed by atoms with E-state index in [1.54, 1.807) is 16.7 Å². The molecule has 0 saturated carbocycles. The van der Waals surface area contributed by atoms with Crippen LogP contribution in [0.3, 0.4) is 0 Å². The first-order valence-electron chi connectivity index (χ1n) is 7.21. The predicted octanol–water partition coefficient (Wildman–Crippen LogP) is -1.89. The van der Waals surface area contributed by atoms with Gasteiger partial charge in [-0.2, -0.15) is 5.21 Å². The molecule has 2 aliphatic rings. The Kier molecular flexibility index (Phi) is 3.26. The molecule has 2 unspecified atom stereocenters. The van der Waals surface area contributed by atoms with Crippen molar-refractivity contribution < 1.29 is 9.59 Å². The van der Waals surface area contributed by atoms with Gasteiger partial charge in [0.05, 0.1) is 0 Å². The zero-order valence-electron chi connectivity index (χ0n) is 12.8. The number of amides is 2. The molecule has 2 N–H and O–H groups in total. The summed E-state index contributed by atoms with van der Waals surface area (Å²) in [5, 5.41) is 27.2. The number of nitrogens with zero attached hydrogens (tertiary/aromatic N) is 8. The summed E-state index contributed by atoms with van der Waals surface area (Å²) in [7, 11) is 0. The van der Waals surface area contributed by atoms with E-state index in [-0.39, 0.29) is 34.5 Å². The minimum absolute atomic E-state index is 0.0359. The maximum absolute atomic E-state index is 12.5. The van der Waals surface area contributed by atoms with E-state index in [4.69, 9.17) is 0 Å². The molecule has 2 fully saturated rings. The van der Waals surface area contributed by atoms with E-state index in [1.165, 1.54) is 11.0 Å². The maximum Gasteiger partial charge on any atom is 0.249 e. The number of nitrogens with one attached hydrogen (secondary N) is 2. The molecule has 2 amide bonds. The fourth-order valence-corrected chi connectivity index (χ4v) is 4.70. The Morgan fingerprint density at radius 3 is 3.00 bits per heavy atom. The molecule has 4 rings (SSSR count). The number of carbonyl (C=O) groups excluding carboxylic acids is 2. The van der Waals surface area contributed by atoms with Gasteiger partial charge in [-0.25, -0.2) is 4.68 Å². The average Bonchev–Trinajstić information content (AvgIpc) is 3.24. The number of rotatable bonds is 4. The normalized spacial score (nSPS) is 27.7. The monoisotopic (exact) mass is 350 g/mol. The molecule has 0 radical (unpaired) electrons. The summed E-state index contributed by atoms with van der Waals surface area (Å²) in [6.45, 7) is 4.00. The third-order valence-corrected chi connectivity index (χ3v) is 5.63. The molecular weight excluding hydrogens is 336 g/mol. The second-order valence-electron chi connectivity index (χ2n) is 6.08. The minimum Gasteiger partial charge on any atom is -0.340 e. The van der Waals surface area contributed by atoms with Crippen molar-refractivity contribution in [3.8, 4) is 0 Å². The van der Waals surface area contributed by atoms with E-state index in [1.807, 2.05) is 13.8 Å². The van der Waals surface area contributed by atoms with Crippen molar-refractivity contribution >= 4 is 23.6 Å². The van der Waals surface area contributed by atoms with Crippen molar-refractivity contribution in [1.29, 1.82) is 0 Å². The van der Waals surface area contributed by atoms with Gasteiger partial charge in [0.2, 0.25) is 11.8 Å². The molecule has 4 heterocycles. The van der Waals surface area contributed by atoms with E-state index in [0.29, 0.717) is 5.82 Å². The summed E-state index contributed by atoms with van der Waals surface area (Å²) < 4.78 is 1.00. The Balaban J connectivity index is 1.48. The molecule has 126 valence electrons. The molecule has 13 heteroatoms. The fourth-order valence-electron chi connectivity index (χ4n) is 3.07. The third kappa shape index (κ3) is 2.23. The Labute approximate surface area is 139 Å². The summed E-state index contributed by atoms with van der Waals surface area (Å²) in [5.41, 5.74) is 0. The number of carbonyl (C=O) groups is 2. The first-order valence-corrected chi connectivity index (χ1v) is 8.09. The smallest absolute Gasteiger partial charge is 0.249 e. The van der Waals surface area contributed by atoms with Gasteiger partial charge in [-0.15, -0.1) is 27.1 Å². The highest BCUT2D eigenvalue weighted by molar-refractivity contribution is 8.01. The van der Waals surface area contributed by atoms with Gasteiger partial charge in [0.15, 0.2) is 5.82 Å². The molecule has 2 aromatic heterocycles. The van der Waals surface area contributed by atoms with E-state index >= 15 is 0 Å². The van der Waals surface area contributed by atoms with Gasteiger partial charge in [0.1, 0.15) is 30.3 Å². The van der Waals surface area contributed by atoms with Gasteiger partial charge in [-0.3, -0.25) is 9.59 Å². The van der Waals surface area contributed by atoms with Gasteiger partial charge >= 0.3 is 0 Å². The topological polar surface area (TPSA) is 147 Å². The molecule has 2 aromatic rings. The van der Waals surface area contributed by atoms with Crippen LogP contribution in [0.2, 0.25) is 0 Å². The molecule has 2 aliphatic heterocycles. The van der Waals surface area contributed by atoms with Crippen molar-refractivity contribution in [3.05, 3.63) is 12.2 Å². The fraction of sp³-hybridized carbons (Fsp3) is 0.636. The number of aromatic amines is 1. The Morgan fingerprint density at radius 1 is 1.50 bits per heavy atom. The van der Waals surface area contributed by atoms with E-state index in [0.717, 1.165) is 0 Å². The maximum atomic E-state index is 12.5. The number of fused-ring (bicyclic) bond motifs is 1. The zero-order valence-corrected chi connectivity index (χ0v) is 13.6. The molecule has 0 aliphatic carbocycles. The summed E-state index contributed by atoms with van der Waals surface area (Å²) in [5.74, 6) is 0.00136. The lowest BCUT2D eigenvalue weighted by molar-refractivity contribution is -0.151. The van der Waals surface area contributed by atoms with Gasteiger partial charge in [-0.1, -0.05) is 5.21 Å². The second-order valence-corrected chi connectivity index (χ2v) is 7.85. The standard InChI is InChI=1S/C11H14N10O2S/c1-11(2)7(8-14-17-18-15-8)21-9(23)6(10(21)24-11)13-5(22)3-20-4-12-16-19-20/h4,6-7,10H,3H2,1-2H3,(H,13,22)(H,14,15,17,18)/t6?,7?,10-/m0/s1. The highest BCUT2D eigenvalue weighted by Gasteiger charge is 2.63. The van der Waals surface area contributed by atoms with Crippen LogP contribution in [0.4, 0.5) is 0 Å². The van der Waals surface area contributed by atoms with Crippen LogP contribution in [0.1, 0.15) is 25.7 Å². The largest absolute Gasteiger partial charge is 0.340 e. The van der Waals surface area contributed by atoms with Crippen LogP contribution < -0.4 is 5.32 Å². The molecular formula is C11H14N10O2S. The lowest BCUT2D eigenvalue weighted by atomic mass is 9.95. The van der Waals surface area contributed by atoms with Gasteiger partial charge < -0.3 is 10.2 Å². The van der Waals surface area contributed by atoms with E-state index in [9.17, 15) is 9.59 Å². The Bertz CT molecular complexity index is 760. The van der Waals surface area contributed by atoms with Crippen LogP contribution in [0.5, 0.6) is 0 Å². The van der Waals surface area contributed by atoms with Gasteiger partial charge in [-0.05, 0) is 24.3 Å². The number of hydrogen-bond acceptors (Lipinski definition) is 9. The number of H-pyrrole nitrogens is 1. The SMILES string of the molecule is CC1(C)S[C@H]2C(NC(=O)Cn3cnnn3)C(=O)N2C1c1nn[nH]n1. The zero-order chi connectivity index (χ0) is 16.9. The molecule has 24 heavy (non-hydrogen) atoms. The Morgan fingerprint density at radius 2 is 2.33 bits per heavy atom. The lowest BCUT2D eigenvalue weighted by Gasteiger charge is -2.44. The van der Waals surface area contributed by atoms with Crippen LogP contribution in [0, 0.1) is 0 Å². The number of β-lactam (4-membered cyclic amide) rings is 1. The minimum atomic E-state index is -0.574. The third-order valence-electron chi connectivity index (χ3n) is 4.06. The van der Waals surface area contributed by atoms with Crippen molar-refractivity contribution in [2.45, 2.75) is 42.6 Å². The average molecular weight is 350 g/mol. The lowest BCUT2D eigenvalue weighted by Crippen LogP contribution is -2.68. The molecule has 2 saturated heterocycles. The first-order chi connectivity index (χ1) is 11.5. The Hall–Kier alpha value is -2.57. The number of tetrazole rings is 2. The molecule has 3 atom stereocenters.